The van der Waals surface area contributed by atoms with E-state index >= 15 is 0 Å². The number of anilines is 1. The van der Waals surface area contributed by atoms with Crippen molar-refractivity contribution in [1.29, 1.82) is 0 Å². The Morgan fingerprint density at radius 2 is 1.90 bits per heavy atom. The third-order valence-electron chi connectivity index (χ3n) is 3.75. The zero-order valence-electron chi connectivity index (χ0n) is 13.4. The average Bonchev–Trinajstić information content (AvgIpc) is 2.48. The van der Waals surface area contributed by atoms with Crippen LogP contribution in [0.25, 0.3) is 0 Å². The molecule has 4 heteroatoms. The number of benzene rings is 1. The summed E-state index contributed by atoms with van der Waals surface area (Å²) in [5, 5.41) is 15.2. The molecule has 1 aromatic carbocycles. The van der Waals surface area contributed by atoms with Gasteiger partial charge in [-0.3, -0.25) is 0 Å². The number of hydrogen-bond acceptors (Lipinski definition) is 2. The maximum atomic E-state index is 11.9. The van der Waals surface area contributed by atoms with E-state index in [0.717, 1.165) is 24.1 Å². The average molecular weight is 292 g/mol. The largest absolute Gasteiger partial charge is 0.389 e. The van der Waals surface area contributed by atoms with Crippen LogP contribution < -0.4 is 10.6 Å². The quantitative estimate of drug-likeness (QED) is 0.676. The molecule has 0 heterocycles. The minimum absolute atomic E-state index is 0.172. The molecule has 0 spiro atoms. The van der Waals surface area contributed by atoms with Crippen LogP contribution in [0.2, 0.25) is 0 Å². The summed E-state index contributed by atoms with van der Waals surface area (Å²) in [7, 11) is 0. The third-order valence-corrected chi connectivity index (χ3v) is 3.75. The molecule has 0 aliphatic heterocycles. The van der Waals surface area contributed by atoms with E-state index in [9.17, 15) is 9.90 Å². The Labute approximate surface area is 128 Å². The van der Waals surface area contributed by atoms with Crippen LogP contribution >= 0.6 is 0 Å². The van der Waals surface area contributed by atoms with Gasteiger partial charge in [0.05, 0.1) is 6.10 Å². The molecular formula is C17H28N2O2. The van der Waals surface area contributed by atoms with Gasteiger partial charge in [-0.15, -0.1) is 0 Å². The van der Waals surface area contributed by atoms with Crippen molar-refractivity contribution in [3.8, 4) is 0 Å². The smallest absolute Gasteiger partial charge is 0.319 e. The summed E-state index contributed by atoms with van der Waals surface area (Å²) in [6.07, 6.45) is 4.16. The standard InChI is InChI=1S/C17H28N2O2/c1-4-6-7-14(5-2)12-18-17(21)19-16-10-8-15(9-11-16)13(3)20/h8-11,13-14,20H,4-7,12H2,1-3H3,(H2,18,19,21). The predicted molar refractivity (Wildman–Crippen MR) is 87.4 cm³/mol. The number of urea groups is 1. The molecule has 0 aliphatic rings. The Morgan fingerprint density at radius 1 is 1.24 bits per heavy atom. The highest BCUT2D eigenvalue weighted by molar-refractivity contribution is 5.89. The second kappa shape index (κ2) is 9.40. The SMILES string of the molecule is CCCCC(CC)CNC(=O)Nc1ccc(C(C)O)cc1. The van der Waals surface area contributed by atoms with Gasteiger partial charge in [0, 0.05) is 12.2 Å². The van der Waals surface area contributed by atoms with Crippen LogP contribution in [0.5, 0.6) is 0 Å². The fraction of sp³-hybridized carbons (Fsp3) is 0.588. The van der Waals surface area contributed by atoms with Gasteiger partial charge in [-0.05, 0) is 37.0 Å². The molecule has 0 saturated carbocycles. The molecular weight excluding hydrogens is 264 g/mol. The van der Waals surface area contributed by atoms with Gasteiger partial charge in [-0.1, -0.05) is 45.2 Å². The van der Waals surface area contributed by atoms with Crippen LogP contribution in [0.1, 0.15) is 58.1 Å². The van der Waals surface area contributed by atoms with Crippen molar-refractivity contribution in [3.05, 3.63) is 29.8 Å². The Hall–Kier alpha value is -1.55. The van der Waals surface area contributed by atoms with E-state index in [0.29, 0.717) is 12.5 Å². The van der Waals surface area contributed by atoms with Crippen molar-refractivity contribution in [2.45, 2.75) is 52.6 Å². The molecule has 0 fully saturated rings. The van der Waals surface area contributed by atoms with E-state index in [1.807, 2.05) is 12.1 Å². The summed E-state index contributed by atoms with van der Waals surface area (Å²) >= 11 is 0. The summed E-state index contributed by atoms with van der Waals surface area (Å²) in [6.45, 7) is 6.78. The third kappa shape index (κ3) is 6.63. The molecule has 118 valence electrons. The molecule has 1 aromatic rings. The monoisotopic (exact) mass is 292 g/mol. The normalized spacial score (nSPS) is 13.5. The molecule has 0 aliphatic carbocycles. The number of carbonyl (C=O) groups is 1. The molecule has 2 atom stereocenters. The van der Waals surface area contributed by atoms with Crippen molar-refractivity contribution >= 4 is 11.7 Å². The first-order valence-corrected chi connectivity index (χ1v) is 7.89. The molecule has 2 amide bonds. The van der Waals surface area contributed by atoms with E-state index in [2.05, 4.69) is 24.5 Å². The number of aliphatic hydroxyl groups excluding tert-OH is 1. The second-order valence-corrected chi connectivity index (χ2v) is 5.55. The van der Waals surface area contributed by atoms with Gasteiger partial charge in [-0.2, -0.15) is 0 Å². The topological polar surface area (TPSA) is 61.4 Å². The van der Waals surface area contributed by atoms with Crippen LogP contribution in [0.3, 0.4) is 0 Å². The molecule has 2 unspecified atom stereocenters. The Morgan fingerprint density at radius 3 is 2.43 bits per heavy atom. The van der Waals surface area contributed by atoms with Gasteiger partial charge in [-0.25, -0.2) is 4.79 Å². The van der Waals surface area contributed by atoms with Crippen LogP contribution in [0.4, 0.5) is 10.5 Å². The minimum atomic E-state index is -0.489. The lowest BCUT2D eigenvalue weighted by molar-refractivity contribution is 0.199. The zero-order valence-corrected chi connectivity index (χ0v) is 13.4. The number of nitrogens with one attached hydrogen (secondary N) is 2. The molecule has 0 aromatic heterocycles. The highest BCUT2D eigenvalue weighted by Gasteiger charge is 2.08. The Bertz CT molecular complexity index is 415. The predicted octanol–water partition coefficient (Wildman–Crippen LogP) is 4.08. The number of hydrogen-bond donors (Lipinski definition) is 3. The van der Waals surface area contributed by atoms with Crippen molar-refractivity contribution in [2.24, 2.45) is 5.92 Å². The van der Waals surface area contributed by atoms with Gasteiger partial charge >= 0.3 is 6.03 Å². The fourth-order valence-electron chi connectivity index (χ4n) is 2.20. The first-order chi connectivity index (χ1) is 10.1. The maximum Gasteiger partial charge on any atom is 0.319 e. The number of unbranched alkanes of at least 4 members (excludes halogenated alkanes) is 1. The van der Waals surface area contributed by atoms with Crippen LogP contribution in [0, 0.1) is 5.92 Å². The second-order valence-electron chi connectivity index (χ2n) is 5.55. The molecule has 1 rings (SSSR count). The van der Waals surface area contributed by atoms with Gasteiger partial charge in [0.15, 0.2) is 0 Å². The van der Waals surface area contributed by atoms with Crippen LogP contribution in [-0.4, -0.2) is 17.7 Å². The van der Waals surface area contributed by atoms with Crippen LogP contribution in [0.15, 0.2) is 24.3 Å². The van der Waals surface area contributed by atoms with Gasteiger partial charge < -0.3 is 15.7 Å². The molecule has 0 radical (unpaired) electrons. The van der Waals surface area contributed by atoms with E-state index in [4.69, 9.17) is 0 Å². The lowest BCUT2D eigenvalue weighted by atomic mass is 9.99. The first kappa shape index (κ1) is 17.5. The summed E-state index contributed by atoms with van der Waals surface area (Å²) in [6, 6.07) is 7.06. The lowest BCUT2D eigenvalue weighted by Gasteiger charge is -2.15. The Kier molecular flexibility index (Phi) is 7.83. The van der Waals surface area contributed by atoms with E-state index < -0.39 is 6.10 Å². The first-order valence-electron chi connectivity index (χ1n) is 7.89. The van der Waals surface area contributed by atoms with Gasteiger partial charge in [0.2, 0.25) is 0 Å². The van der Waals surface area contributed by atoms with Crippen LogP contribution in [-0.2, 0) is 0 Å². The summed E-state index contributed by atoms with van der Waals surface area (Å²) in [5.74, 6) is 0.549. The lowest BCUT2D eigenvalue weighted by Crippen LogP contribution is -2.33. The summed E-state index contributed by atoms with van der Waals surface area (Å²) < 4.78 is 0. The van der Waals surface area contributed by atoms with Crippen molar-refractivity contribution < 1.29 is 9.90 Å². The van der Waals surface area contributed by atoms with Gasteiger partial charge in [0.1, 0.15) is 0 Å². The Balaban J connectivity index is 2.39. The minimum Gasteiger partial charge on any atom is -0.389 e. The van der Waals surface area contributed by atoms with Crippen molar-refractivity contribution in [2.75, 3.05) is 11.9 Å². The zero-order chi connectivity index (χ0) is 15.7. The molecule has 21 heavy (non-hydrogen) atoms. The number of amides is 2. The number of carbonyl (C=O) groups excluding carboxylic acids is 1. The molecule has 4 nitrogen and oxygen atoms in total. The van der Waals surface area contributed by atoms with Gasteiger partial charge in [0.25, 0.3) is 0 Å². The number of rotatable bonds is 8. The highest BCUT2D eigenvalue weighted by atomic mass is 16.3. The highest BCUT2D eigenvalue weighted by Crippen LogP contribution is 2.15. The van der Waals surface area contributed by atoms with E-state index in [1.165, 1.54) is 12.8 Å². The van der Waals surface area contributed by atoms with E-state index in [1.54, 1.807) is 19.1 Å². The van der Waals surface area contributed by atoms with Crippen molar-refractivity contribution in [3.63, 3.8) is 0 Å². The maximum absolute atomic E-state index is 11.9. The van der Waals surface area contributed by atoms with Crippen molar-refractivity contribution in [1.82, 2.24) is 5.32 Å². The molecule has 0 saturated heterocycles. The summed E-state index contributed by atoms with van der Waals surface area (Å²) in [5.41, 5.74) is 1.57. The molecule has 3 N–H and O–H groups in total. The van der Waals surface area contributed by atoms with E-state index in [-0.39, 0.29) is 6.03 Å². The summed E-state index contributed by atoms with van der Waals surface area (Å²) in [4.78, 5) is 11.9. The fourth-order valence-corrected chi connectivity index (χ4v) is 2.20. The number of aliphatic hydroxyl groups is 1. The molecule has 0 bridgehead atoms.